The molecule has 0 radical (unpaired) electrons. The average molecular weight is 346 g/mol. The molecule has 1 aromatic carbocycles. The van der Waals surface area contributed by atoms with Crippen molar-refractivity contribution in [3.63, 3.8) is 0 Å². The predicted octanol–water partition coefficient (Wildman–Crippen LogP) is 5.05. The number of allylic oxidation sites excluding steroid dienone is 4. The Balaban J connectivity index is 3.67. The number of ketones is 1. The summed E-state index contributed by atoms with van der Waals surface area (Å²) in [5, 5.41) is 31.8. The van der Waals surface area contributed by atoms with Crippen LogP contribution in [0.5, 0.6) is 17.2 Å². The molecule has 0 saturated carbocycles. The molecular weight excluding hydrogens is 316 g/mol. The number of carbonyl (C=O) groups excluding carboxylic acids is 1. The normalized spacial score (nSPS) is 11.8. The molecule has 0 aliphatic carbocycles. The summed E-state index contributed by atoms with van der Waals surface area (Å²) < 4.78 is 0. The Labute approximate surface area is 150 Å². The molecule has 4 nitrogen and oxygen atoms in total. The summed E-state index contributed by atoms with van der Waals surface area (Å²) in [6.45, 7) is 11.3. The van der Waals surface area contributed by atoms with Crippen LogP contribution in [0.15, 0.2) is 23.3 Å². The third-order valence-electron chi connectivity index (χ3n) is 4.35. The zero-order valence-electron chi connectivity index (χ0n) is 16.1. The fourth-order valence-electron chi connectivity index (χ4n) is 2.48. The molecule has 4 heteroatoms. The number of rotatable bonds is 7. The van der Waals surface area contributed by atoms with Gasteiger partial charge in [0.1, 0.15) is 22.8 Å². The minimum atomic E-state index is -0.325. The highest BCUT2D eigenvalue weighted by molar-refractivity contribution is 6.03. The van der Waals surface area contributed by atoms with Crippen molar-refractivity contribution in [3.8, 4) is 17.2 Å². The van der Waals surface area contributed by atoms with Gasteiger partial charge in [-0.25, -0.2) is 0 Å². The molecule has 1 rings (SSSR count). The van der Waals surface area contributed by atoms with E-state index in [9.17, 15) is 20.1 Å². The van der Waals surface area contributed by atoms with Crippen molar-refractivity contribution < 1.29 is 20.1 Å². The number of Topliss-reactive ketones (excluding diaryl/α,β-unsaturated/α-hetero) is 1. The number of hydrogen-bond acceptors (Lipinski definition) is 4. The van der Waals surface area contributed by atoms with E-state index >= 15 is 0 Å². The van der Waals surface area contributed by atoms with Gasteiger partial charge in [-0.2, -0.15) is 0 Å². The number of phenolic OH excluding ortho intramolecular Hbond substituents is 3. The molecule has 25 heavy (non-hydrogen) atoms. The molecule has 0 aromatic heterocycles. The van der Waals surface area contributed by atoms with Crippen LogP contribution in [0, 0.1) is 5.92 Å². The van der Waals surface area contributed by atoms with E-state index in [0.717, 1.165) is 11.1 Å². The van der Waals surface area contributed by atoms with Gasteiger partial charge in [0.2, 0.25) is 0 Å². The Kier molecular flexibility index (Phi) is 7.28. The zero-order chi connectivity index (χ0) is 19.3. The van der Waals surface area contributed by atoms with Gasteiger partial charge in [0.25, 0.3) is 0 Å². The van der Waals surface area contributed by atoms with Gasteiger partial charge in [-0.15, -0.1) is 0 Å². The van der Waals surface area contributed by atoms with Crippen molar-refractivity contribution in [1.29, 1.82) is 0 Å². The number of benzene rings is 1. The first-order valence-corrected chi connectivity index (χ1v) is 8.71. The van der Waals surface area contributed by atoms with Gasteiger partial charge in [0.15, 0.2) is 5.78 Å². The van der Waals surface area contributed by atoms with Gasteiger partial charge < -0.3 is 15.3 Å². The van der Waals surface area contributed by atoms with E-state index < -0.39 is 0 Å². The lowest BCUT2D eigenvalue weighted by Crippen LogP contribution is -2.12. The second-order valence-corrected chi connectivity index (χ2v) is 7.02. The largest absolute Gasteiger partial charge is 0.507 e. The van der Waals surface area contributed by atoms with Gasteiger partial charge in [-0.1, -0.05) is 37.1 Å². The summed E-state index contributed by atoms with van der Waals surface area (Å²) >= 11 is 0. The Bertz CT molecular complexity index is 656. The number of hydrogen-bond donors (Lipinski definition) is 3. The van der Waals surface area contributed by atoms with E-state index in [1.807, 2.05) is 46.8 Å². The van der Waals surface area contributed by atoms with Crippen molar-refractivity contribution in [3.05, 3.63) is 40.0 Å². The van der Waals surface area contributed by atoms with E-state index in [1.54, 1.807) is 6.92 Å². The molecule has 0 fully saturated rings. The second-order valence-electron chi connectivity index (χ2n) is 7.02. The third kappa shape index (κ3) is 4.88. The second kappa shape index (κ2) is 8.75. The van der Waals surface area contributed by atoms with Crippen molar-refractivity contribution in [1.82, 2.24) is 0 Å². The van der Waals surface area contributed by atoms with E-state index in [0.29, 0.717) is 19.3 Å². The SMILES string of the molecule is CC[C@@H](C)C(=O)c1c(O)c(CC=C(C)C)c(O)c(CC=C(C)C)c1O. The molecule has 0 saturated heterocycles. The van der Waals surface area contributed by atoms with Crippen molar-refractivity contribution in [2.45, 2.75) is 60.8 Å². The van der Waals surface area contributed by atoms with Crippen LogP contribution in [0.2, 0.25) is 0 Å². The Morgan fingerprint density at radius 1 is 0.880 bits per heavy atom. The highest BCUT2D eigenvalue weighted by Crippen LogP contribution is 2.44. The summed E-state index contributed by atoms with van der Waals surface area (Å²) in [6.07, 6.45) is 4.93. The Hall–Kier alpha value is -2.23. The van der Waals surface area contributed by atoms with Crippen LogP contribution in [0.1, 0.15) is 69.4 Å². The molecule has 0 aliphatic heterocycles. The van der Waals surface area contributed by atoms with Crippen molar-refractivity contribution in [2.24, 2.45) is 5.92 Å². The van der Waals surface area contributed by atoms with Gasteiger partial charge in [-0.3, -0.25) is 4.79 Å². The molecule has 0 spiro atoms. The van der Waals surface area contributed by atoms with Crippen LogP contribution >= 0.6 is 0 Å². The highest BCUT2D eigenvalue weighted by Gasteiger charge is 2.28. The third-order valence-corrected chi connectivity index (χ3v) is 4.35. The maximum Gasteiger partial charge on any atom is 0.173 e. The predicted molar refractivity (Wildman–Crippen MR) is 101 cm³/mol. The van der Waals surface area contributed by atoms with Crippen LogP contribution in [0.25, 0.3) is 0 Å². The number of phenols is 3. The smallest absolute Gasteiger partial charge is 0.173 e. The molecule has 3 N–H and O–H groups in total. The number of aromatic hydroxyl groups is 3. The van der Waals surface area contributed by atoms with Crippen LogP contribution in [0.3, 0.4) is 0 Å². The monoisotopic (exact) mass is 346 g/mol. The summed E-state index contributed by atoms with van der Waals surface area (Å²) in [7, 11) is 0. The Morgan fingerprint density at radius 3 is 1.60 bits per heavy atom. The van der Waals surface area contributed by atoms with Gasteiger partial charge in [0.05, 0.1) is 0 Å². The fourth-order valence-corrected chi connectivity index (χ4v) is 2.48. The van der Waals surface area contributed by atoms with E-state index in [-0.39, 0.29) is 45.6 Å². The fraction of sp³-hybridized carbons (Fsp3) is 0.476. The van der Waals surface area contributed by atoms with Gasteiger partial charge >= 0.3 is 0 Å². The topological polar surface area (TPSA) is 77.8 Å². The lowest BCUT2D eigenvalue weighted by molar-refractivity contribution is 0.0921. The number of carbonyl (C=O) groups is 1. The minimum Gasteiger partial charge on any atom is -0.507 e. The molecule has 0 unspecified atom stereocenters. The first-order chi connectivity index (χ1) is 11.6. The average Bonchev–Trinajstić information content (AvgIpc) is 2.52. The zero-order valence-corrected chi connectivity index (χ0v) is 16.1. The summed E-state index contributed by atoms with van der Waals surface area (Å²) in [5.41, 5.74) is 2.55. The minimum absolute atomic E-state index is 0.0820. The lowest BCUT2D eigenvalue weighted by atomic mass is 9.89. The molecule has 1 atom stereocenters. The molecule has 138 valence electrons. The van der Waals surface area contributed by atoms with Crippen LogP contribution in [0.4, 0.5) is 0 Å². The van der Waals surface area contributed by atoms with Crippen molar-refractivity contribution >= 4 is 5.78 Å². The van der Waals surface area contributed by atoms with Gasteiger partial charge in [0, 0.05) is 17.0 Å². The van der Waals surface area contributed by atoms with Crippen LogP contribution in [-0.4, -0.2) is 21.1 Å². The first kappa shape index (κ1) is 20.8. The molecular formula is C21H30O4. The summed E-state index contributed by atoms with van der Waals surface area (Å²) in [6, 6.07) is 0. The van der Waals surface area contributed by atoms with Crippen LogP contribution < -0.4 is 0 Å². The molecule has 0 amide bonds. The maximum atomic E-state index is 12.7. The molecule has 0 bridgehead atoms. The molecule has 0 heterocycles. The highest BCUT2D eigenvalue weighted by atomic mass is 16.3. The summed E-state index contributed by atoms with van der Waals surface area (Å²) in [4.78, 5) is 12.7. The van der Waals surface area contributed by atoms with E-state index in [2.05, 4.69) is 0 Å². The van der Waals surface area contributed by atoms with Gasteiger partial charge in [-0.05, 0) is 47.0 Å². The first-order valence-electron chi connectivity index (χ1n) is 8.71. The van der Waals surface area contributed by atoms with E-state index in [1.165, 1.54) is 0 Å². The quantitative estimate of drug-likeness (QED) is 0.477. The standard InChI is InChI=1S/C21H30O4/c1-7-14(6)18(22)17-20(24)15(10-8-12(2)3)19(23)16(21(17)25)11-9-13(4)5/h8-9,14,23-25H,7,10-11H2,1-6H3/t14-/m1/s1. The van der Waals surface area contributed by atoms with E-state index in [4.69, 9.17) is 0 Å². The Morgan fingerprint density at radius 2 is 1.28 bits per heavy atom. The molecule has 0 aliphatic rings. The lowest BCUT2D eigenvalue weighted by Gasteiger charge is -2.18. The summed E-state index contributed by atoms with van der Waals surface area (Å²) in [5.74, 6) is -1.42. The maximum absolute atomic E-state index is 12.7. The molecule has 1 aromatic rings. The van der Waals surface area contributed by atoms with Crippen LogP contribution in [-0.2, 0) is 12.8 Å². The van der Waals surface area contributed by atoms with Crippen molar-refractivity contribution in [2.75, 3.05) is 0 Å².